The molecule has 3 heterocycles. The van der Waals surface area contributed by atoms with Crippen LogP contribution in [0.4, 0.5) is 5.82 Å². The smallest absolute Gasteiger partial charge is 0.228 e. The number of para-hydroxylation sites is 2. The molecule has 1 amide bonds. The van der Waals surface area contributed by atoms with Gasteiger partial charge in [-0.3, -0.25) is 4.79 Å². The van der Waals surface area contributed by atoms with Gasteiger partial charge >= 0.3 is 0 Å². The van der Waals surface area contributed by atoms with Gasteiger partial charge in [0.1, 0.15) is 5.69 Å². The Hall–Kier alpha value is -3.48. The maximum Gasteiger partial charge on any atom is 0.228 e. The summed E-state index contributed by atoms with van der Waals surface area (Å²) in [6.07, 6.45) is 0.255. The molecule has 0 atom stereocenters. The fraction of sp³-hybridized carbons (Fsp3) is 0.304. The van der Waals surface area contributed by atoms with E-state index in [0.29, 0.717) is 18.8 Å². The monoisotopic (exact) mass is 401 g/mol. The van der Waals surface area contributed by atoms with Crippen LogP contribution in [0.3, 0.4) is 0 Å². The first kappa shape index (κ1) is 18.5. The summed E-state index contributed by atoms with van der Waals surface area (Å²) >= 11 is 0. The molecule has 2 aromatic carbocycles. The molecule has 7 heteroatoms. The Morgan fingerprint density at radius 2 is 1.73 bits per heavy atom. The van der Waals surface area contributed by atoms with Gasteiger partial charge in [0.25, 0.3) is 0 Å². The zero-order chi connectivity index (χ0) is 20.7. The number of carbonyl (C=O) groups excluding carboxylic acids is 1. The van der Waals surface area contributed by atoms with E-state index in [4.69, 9.17) is 9.51 Å². The molecular formula is C23H23N5O2. The van der Waals surface area contributed by atoms with Crippen molar-refractivity contribution >= 4 is 33.7 Å². The Labute approximate surface area is 174 Å². The van der Waals surface area contributed by atoms with Crippen LogP contribution in [-0.2, 0) is 11.2 Å². The van der Waals surface area contributed by atoms with E-state index in [1.807, 2.05) is 61.2 Å². The molecule has 1 aliphatic rings. The second-order valence-electron chi connectivity index (χ2n) is 7.79. The van der Waals surface area contributed by atoms with Gasteiger partial charge in [-0.1, -0.05) is 28.9 Å². The lowest BCUT2D eigenvalue weighted by molar-refractivity contribution is -0.130. The molecule has 0 N–H and O–H groups in total. The molecule has 1 aliphatic heterocycles. The fourth-order valence-electron chi connectivity index (χ4n) is 4.03. The normalized spacial score (nSPS) is 14.6. The van der Waals surface area contributed by atoms with E-state index >= 15 is 0 Å². The van der Waals surface area contributed by atoms with Crippen molar-refractivity contribution in [2.24, 2.45) is 0 Å². The van der Waals surface area contributed by atoms with E-state index in [1.54, 1.807) is 0 Å². The summed E-state index contributed by atoms with van der Waals surface area (Å²) in [6, 6.07) is 13.8. The summed E-state index contributed by atoms with van der Waals surface area (Å²) in [4.78, 5) is 26.5. The van der Waals surface area contributed by atoms with E-state index in [0.717, 1.165) is 52.2 Å². The number of nitrogens with zero attached hydrogens (tertiary/aromatic N) is 5. The highest BCUT2D eigenvalue weighted by molar-refractivity contribution is 5.87. The van der Waals surface area contributed by atoms with Gasteiger partial charge in [-0.2, -0.15) is 0 Å². The molecule has 0 saturated carbocycles. The molecule has 1 fully saturated rings. The lowest BCUT2D eigenvalue weighted by Gasteiger charge is -2.35. The van der Waals surface area contributed by atoms with E-state index < -0.39 is 0 Å². The maximum atomic E-state index is 12.9. The molecule has 0 unspecified atom stereocenters. The highest BCUT2D eigenvalue weighted by Gasteiger charge is 2.25. The zero-order valence-electron chi connectivity index (χ0n) is 17.1. The largest absolute Gasteiger partial charge is 0.356 e. The number of aromatic nitrogens is 3. The Kier molecular flexibility index (Phi) is 4.58. The minimum absolute atomic E-state index is 0.0765. The second kappa shape index (κ2) is 7.40. The van der Waals surface area contributed by atoms with Crippen LogP contribution in [0.5, 0.6) is 0 Å². The van der Waals surface area contributed by atoms with Crippen molar-refractivity contribution < 1.29 is 9.32 Å². The van der Waals surface area contributed by atoms with Crippen LogP contribution in [0.2, 0.25) is 0 Å². The number of hydrogen-bond acceptors (Lipinski definition) is 6. The third kappa shape index (κ3) is 3.36. The first-order valence-electron chi connectivity index (χ1n) is 10.2. The van der Waals surface area contributed by atoms with E-state index in [9.17, 15) is 4.79 Å². The van der Waals surface area contributed by atoms with Gasteiger partial charge in [0.15, 0.2) is 11.4 Å². The Morgan fingerprint density at radius 3 is 2.50 bits per heavy atom. The highest BCUT2D eigenvalue weighted by Crippen LogP contribution is 2.23. The van der Waals surface area contributed by atoms with Gasteiger partial charge < -0.3 is 14.3 Å². The van der Waals surface area contributed by atoms with E-state index in [-0.39, 0.29) is 12.3 Å². The van der Waals surface area contributed by atoms with Gasteiger partial charge in [0.2, 0.25) is 5.91 Å². The van der Waals surface area contributed by atoms with Crippen LogP contribution in [0.25, 0.3) is 22.0 Å². The molecule has 0 bridgehead atoms. The van der Waals surface area contributed by atoms with Crippen LogP contribution in [0.1, 0.15) is 17.0 Å². The average Bonchev–Trinajstić information content (AvgIpc) is 3.15. The summed E-state index contributed by atoms with van der Waals surface area (Å²) in [7, 11) is 0. The quantitative estimate of drug-likeness (QED) is 0.524. The summed E-state index contributed by atoms with van der Waals surface area (Å²) in [6.45, 7) is 6.79. The Bertz CT molecular complexity index is 1240. The Morgan fingerprint density at radius 1 is 1.00 bits per heavy atom. The molecule has 152 valence electrons. The van der Waals surface area contributed by atoms with Crippen molar-refractivity contribution in [1.29, 1.82) is 0 Å². The zero-order valence-corrected chi connectivity index (χ0v) is 17.1. The van der Waals surface area contributed by atoms with Crippen molar-refractivity contribution in [3.8, 4) is 0 Å². The molecule has 2 aromatic heterocycles. The first-order chi connectivity index (χ1) is 14.6. The first-order valence-corrected chi connectivity index (χ1v) is 10.2. The molecule has 30 heavy (non-hydrogen) atoms. The van der Waals surface area contributed by atoms with Crippen LogP contribution >= 0.6 is 0 Å². The highest BCUT2D eigenvalue weighted by atomic mass is 16.5. The lowest BCUT2D eigenvalue weighted by Crippen LogP contribution is -2.49. The number of piperazine rings is 1. The third-order valence-electron chi connectivity index (χ3n) is 5.67. The Balaban J connectivity index is 1.28. The van der Waals surface area contributed by atoms with Crippen LogP contribution in [0, 0.1) is 13.8 Å². The van der Waals surface area contributed by atoms with Gasteiger partial charge in [-0.15, -0.1) is 0 Å². The summed E-state index contributed by atoms with van der Waals surface area (Å²) in [5, 5.41) is 5.04. The van der Waals surface area contributed by atoms with Crippen molar-refractivity contribution in [1.82, 2.24) is 20.0 Å². The van der Waals surface area contributed by atoms with Gasteiger partial charge in [-0.05, 0) is 38.1 Å². The van der Waals surface area contributed by atoms with Crippen molar-refractivity contribution in [3.05, 3.63) is 59.4 Å². The topological polar surface area (TPSA) is 75.4 Å². The number of anilines is 1. The molecule has 0 spiro atoms. The maximum absolute atomic E-state index is 12.9. The summed E-state index contributed by atoms with van der Waals surface area (Å²) in [5.41, 5.74) is 5.26. The predicted octanol–water partition coefficient (Wildman–Crippen LogP) is 3.28. The number of carbonyl (C=O) groups is 1. The number of benzene rings is 2. The van der Waals surface area contributed by atoms with E-state index in [1.165, 1.54) is 0 Å². The second-order valence-corrected chi connectivity index (χ2v) is 7.79. The van der Waals surface area contributed by atoms with E-state index in [2.05, 4.69) is 15.0 Å². The molecular weight excluding hydrogens is 378 g/mol. The molecule has 0 radical (unpaired) electrons. The number of aryl methyl sites for hydroxylation is 2. The summed E-state index contributed by atoms with van der Waals surface area (Å²) in [5.74, 6) is 0.978. The molecule has 0 aliphatic carbocycles. The number of rotatable bonds is 3. The van der Waals surface area contributed by atoms with Gasteiger partial charge in [-0.25, -0.2) is 9.97 Å². The minimum Gasteiger partial charge on any atom is -0.356 e. The number of amides is 1. The van der Waals surface area contributed by atoms with Crippen LogP contribution in [0.15, 0.2) is 47.0 Å². The average molecular weight is 401 g/mol. The fourth-order valence-corrected chi connectivity index (χ4v) is 4.03. The van der Waals surface area contributed by atoms with Crippen molar-refractivity contribution in [3.63, 3.8) is 0 Å². The van der Waals surface area contributed by atoms with Crippen molar-refractivity contribution in [2.45, 2.75) is 20.3 Å². The summed E-state index contributed by atoms with van der Waals surface area (Å²) < 4.78 is 5.37. The predicted molar refractivity (Wildman–Crippen MR) is 116 cm³/mol. The standard InChI is InChI=1S/C23H23N5O2/c1-15-7-8-21-17(13-15)20(26-30-21)14-22(29)27-9-11-28(12-10-27)23-16(2)24-18-5-3-4-6-19(18)25-23/h3-8,13H,9-12,14H2,1-2H3. The van der Waals surface area contributed by atoms with Crippen LogP contribution in [-0.4, -0.2) is 52.1 Å². The molecule has 4 aromatic rings. The lowest BCUT2D eigenvalue weighted by atomic mass is 10.1. The van der Waals surface area contributed by atoms with Gasteiger partial charge in [0, 0.05) is 31.6 Å². The number of hydrogen-bond donors (Lipinski definition) is 0. The van der Waals surface area contributed by atoms with Crippen molar-refractivity contribution in [2.75, 3.05) is 31.1 Å². The number of fused-ring (bicyclic) bond motifs is 2. The SMILES string of the molecule is Cc1ccc2onc(CC(=O)N3CCN(c4nc5ccccc5nc4C)CC3)c2c1. The van der Waals surface area contributed by atoms with Crippen LogP contribution < -0.4 is 4.90 Å². The van der Waals surface area contributed by atoms with Gasteiger partial charge in [0.05, 0.1) is 23.1 Å². The molecule has 7 nitrogen and oxygen atoms in total. The minimum atomic E-state index is 0.0765. The molecule has 1 saturated heterocycles. The third-order valence-corrected chi connectivity index (χ3v) is 5.67. The molecule has 5 rings (SSSR count).